The van der Waals surface area contributed by atoms with Crippen LogP contribution in [0.2, 0.25) is 0 Å². The molecule has 0 aliphatic carbocycles. The van der Waals surface area contributed by atoms with Gasteiger partial charge in [-0.15, -0.1) is 23.7 Å². The molecule has 0 spiro atoms. The Labute approximate surface area is 316 Å². The normalized spacial score (nSPS) is 17.9. The van der Waals surface area contributed by atoms with E-state index in [1.54, 1.807) is 11.3 Å². The maximum absolute atomic E-state index is 13.9. The molecular weight excluding hydrogens is 702 g/mol. The van der Waals surface area contributed by atoms with Crippen molar-refractivity contribution in [3.05, 3.63) is 70.9 Å². The predicted octanol–water partition coefficient (Wildman–Crippen LogP) is 3.31. The third kappa shape index (κ3) is 10.8. The van der Waals surface area contributed by atoms with Crippen molar-refractivity contribution in [2.75, 3.05) is 50.7 Å². The second kappa shape index (κ2) is 18.6. The summed E-state index contributed by atoms with van der Waals surface area (Å²) in [7, 11) is 0. The van der Waals surface area contributed by atoms with E-state index in [9.17, 15) is 24.3 Å². The third-order valence-electron chi connectivity index (χ3n) is 9.44. The van der Waals surface area contributed by atoms with Gasteiger partial charge in [0, 0.05) is 69.9 Å². The van der Waals surface area contributed by atoms with Gasteiger partial charge in [-0.2, -0.15) is 0 Å². The molecule has 4 amide bonds. The van der Waals surface area contributed by atoms with E-state index in [1.807, 2.05) is 69.6 Å². The summed E-state index contributed by atoms with van der Waals surface area (Å²) in [6.07, 6.45) is 0.401. The van der Waals surface area contributed by atoms with Gasteiger partial charge in [0.05, 0.1) is 22.2 Å². The molecule has 0 unspecified atom stereocenters. The van der Waals surface area contributed by atoms with E-state index in [0.29, 0.717) is 31.5 Å². The molecule has 2 fully saturated rings. The molecule has 14 heteroatoms. The number of hydrogen-bond acceptors (Lipinski definition) is 9. The van der Waals surface area contributed by atoms with Crippen LogP contribution in [-0.4, -0.2) is 103 Å². The average molecular weight is 754 g/mol. The van der Waals surface area contributed by atoms with E-state index in [-0.39, 0.29) is 49.5 Å². The van der Waals surface area contributed by atoms with Gasteiger partial charge in [0.15, 0.2) is 0 Å². The van der Waals surface area contributed by atoms with Crippen LogP contribution in [0.5, 0.6) is 0 Å². The lowest BCUT2D eigenvalue weighted by Crippen LogP contribution is -2.57. The largest absolute Gasteiger partial charge is 0.391 e. The Kier molecular flexibility index (Phi) is 14.6. The lowest BCUT2D eigenvalue weighted by Gasteiger charge is -2.35. The summed E-state index contributed by atoms with van der Waals surface area (Å²) in [5.74, 6) is -1.26. The Morgan fingerprint density at radius 2 is 1.69 bits per heavy atom. The van der Waals surface area contributed by atoms with Crippen molar-refractivity contribution in [3.8, 4) is 10.4 Å². The Morgan fingerprint density at radius 1 is 1.00 bits per heavy atom. The van der Waals surface area contributed by atoms with Crippen molar-refractivity contribution in [1.29, 1.82) is 0 Å². The molecule has 2 saturated heterocycles. The number of nitrogens with one attached hydrogen (secondary N) is 4. The summed E-state index contributed by atoms with van der Waals surface area (Å²) in [6, 6.07) is 14.0. The molecular formula is C38H52ClN7O5S. The van der Waals surface area contributed by atoms with Crippen molar-refractivity contribution in [3.63, 3.8) is 0 Å². The summed E-state index contributed by atoms with van der Waals surface area (Å²) in [5, 5.41) is 22.5. The van der Waals surface area contributed by atoms with Crippen LogP contribution in [0.3, 0.4) is 0 Å². The van der Waals surface area contributed by atoms with Crippen LogP contribution in [0.1, 0.15) is 61.6 Å². The first-order valence-electron chi connectivity index (χ1n) is 17.8. The first kappa shape index (κ1) is 40.7. The molecule has 3 aromatic rings. The summed E-state index contributed by atoms with van der Waals surface area (Å²) in [5.41, 5.74) is 5.98. The van der Waals surface area contributed by atoms with E-state index < -0.39 is 29.5 Å². The molecule has 2 aliphatic rings. The van der Waals surface area contributed by atoms with Crippen LogP contribution in [0.4, 0.5) is 5.69 Å². The van der Waals surface area contributed by atoms with Gasteiger partial charge in [0.1, 0.15) is 12.1 Å². The average Bonchev–Trinajstić information content (AvgIpc) is 3.74. The van der Waals surface area contributed by atoms with Crippen LogP contribution in [0, 0.1) is 12.3 Å². The maximum Gasteiger partial charge on any atom is 0.251 e. The van der Waals surface area contributed by atoms with E-state index in [1.165, 1.54) is 4.90 Å². The number of aromatic nitrogens is 1. The number of anilines is 1. The minimum atomic E-state index is -0.907. The van der Waals surface area contributed by atoms with E-state index in [2.05, 4.69) is 43.3 Å². The van der Waals surface area contributed by atoms with Crippen LogP contribution in [0.25, 0.3) is 10.4 Å². The summed E-state index contributed by atoms with van der Waals surface area (Å²) < 4.78 is 0. The second-order valence-electron chi connectivity index (χ2n) is 14.4. The molecule has 12 nitrogen and oxygen atoms in total. The highest BCUT2D eigenvalue weighted by atomic mass is 35.5. The number of halogens is 1. The van der Waals surface area contributed by atoms with E-state index in [4.69, 9.17) is 0 Å². The lowest BCUT2D eigenvalue weighted by atomic mass is 9.85. The molecule has 0 saturated carbocycles. The minimum absolute atomic E-state index is 0. The van der Waals surface area contributed by atoms with E-state index >= 15 is 0 Å². The monoisotopic (exact) mass is 753 g/mol. The molecule has 0 bridgehead atoms. The standard InChI is InChI=1S/C38H51N7O5S.ClH/c1-25-33(51-24-42-25)27-9-7-26(8-10-27)15-17-41-36(49)31-22-30(46)23-45(31)37(50)34(38(2,3)4)43-32(47)6-5-16-40-35(48)28-11-13-29(14-12-28)44-20-18-39-19-21-44;/h7-14,24,30-31,34,39,46H,5-6,15-23H2,1-4H3,(H,40,48)(H,41,49)(H,43,47);1H/t30-,31-,34+;/m0./s1. The van der Waals surface area contributed by atoms with Crippen molar-refractivity contribution < 1.29 is 24.3 Å². The van der Waals surface area contributed by atoms with Gasteiger partial charge in [0.2, 0.25) is 17.7 Å². The van der Waals surface area contributed by atoms with Crippen molar-refractivity contribution in [2.24, 2.45) is 5.41 Å². The van der Waals surface area contributed by atoms with Gasteiger partial charge >= 0.3 is 0 Å². The molecule has 5 N–H and O–H groups in total. The number of likely N-dealkylation sites (tertiary alicyclic amines) is 1. The molecule has 52 heavy (non-hydrogen) atoms. The molecule has 3 atom stereocenters. The molecule has 1 aromatic heterocycles. The SMILES string of the molecule is Cc1ncsc1-c1ccc(CCNC(=O)[C@@H]2C[C@H](O)CN2C(=O)[C@@H](NC(=O)CCCNC(=O)c2ccc(N3CCNCC3)cc2)C(C)(C)C)cc1.Cl. The number of rotatable bonds is 13. The summed E-state index contributed by atoms with van der Waals surface area (Å²) in [6.45, 7) is 12.0. The maximum atomic E-state index is 13.9. The number of thiazole rings is 1. The van der Waals surface area contributed by atoms with Crippen LogP contribution in [0.15, 0.2) is 54.0 Å². The number of aliphatic hydroxyl groups is 1. The molecule has 2 aliphatic heterocycles. The number of hydrogen-bond donors (Lipinski definition) is 5. The minimum Gasteiger partial charge on any atom is -0.391 e. The number of β-amino-alcohol motifs (C(OH)–C–C–N with tert-alkyl or cyclic N) is 1. The zero-order valence-corrected chi connectivity index (χ0v) is 32.1. The molecule has 2 aromatic carbocycles. The Morgan fingerprint density at radius 3 is 2.33 bits per heavy atom. The molecule has 282 valence electrons. The fourth-order valence-electron chi connectivity index (χ4n) is 6.50. The zero-order chi connectivity index (χ0) is 36.5. The summed E-state index contributed by atoms with van der Waals surface area (Å²) in [4.78, 5) is 62.1. The first-order chi connectivity index (χ1) is 24.4. The fourth-order valence-corrected chi connectivity index (χ4v) is 7.31. The number of nitrogens with zero attached hydrogens (tertiary/aromatic N) is 3. The highest BCUT2D eigenvalue weighted by Gasteiger charge is 2.44. The Balaban J connectivity index is 0.00000605. The van der Waals surface area contributed by atoms with Crippen molar-refractivity contribution in [2.45, 2.75) is 71.6 Å². The van der Waals surface area contributed by atoms with Gasteiger partial charge in [-0.05, 0) is 60.6 Å². The first-order valence-corrected chi connectivity index (χ1v) is 18.7. The zero-order valence-electron chi connectivity index (χ0n) is 30.4. The van der Waals surface area contributed by atoms with Gasteiger partial charge < -0.3 is 36.2 Å². The van der Waals surface area contributed by atoms with E-state index in [0.717, 1.165) is 53.6 Å². The van der Waals surface area contributed by atoms with Gasteiger partial charge in [-0.1, -0.05) is 45.0 Å². The third-order valence-corrected chi connectivity index (χ3v) is 10.4. The van der Waals surface area contributed by atoms with Crippen LogP contribution in [-0.2, 0) is 20.8 Å². The number of aryl methyl sites for hydroxylation is 1. The van der Waals surface area contributed by atoms with Crippen LogP contribution < -0.4 is 26.2 Å². The number of benzene rings is 2. The van der Waals surface area contributed by atoms with Gasteiger partial charge in [-0.25, -0.2) is 4.98 Å². The second-order valence-corrected chi connectivity index (χ2v) is 15.3. The molecule has 3 heterocycles. The van der Waals surface area contributed by atoms with Gasteiger partial charge in [-0.3, -0.25) is 19.2 Å². The predicted molar refractivity (Wildman–Crippen MR) is 207 cm³/mol. The number of piperazine rings is 1. The molecule has 0 radical (unpaired) electrons. The smallest absolute Gasteiger partial charge is 0.251 e. The van der Waals surface area contributed by atoms with Crippen molar-refractivity contribution in [1.82, 2.24) is 31.2 Å². The topological polar surface area (TPSA) is 156 Å². The lowest BCUT2D eigenvalue weighted by molar-refractivity contribution is -0.144. The van der Waals surface area contributed by atoms with Crippen LogP contribution >= 0.6 is 23.7 Å². The fraction of sp³-hybridized carbons (Fsp3) is 0.500. The number of carbonyl (C=O) groups is 4. The van der Waals surface area contributed by atoms with Crippen molar-refractivity contribution >= 4 is 53.1 Å². The van der Waals surface area contributed by atoms with Gasteiger partial charge in [0.25, 0.3) is 5.91 Å². The number of aliphatic hydroxyl groups excluding tert-OH is 1. The quantitative estimate of drug-likeness (QED) is 0.167. The highest BCUT2D eigenvalue weighted by molar-refractivity contribution is 7.13. The highest BCUT2D eigenvalue weighted by Crippen LogP contribution is 2.28. The Bertz CT molecular complexity index is 1660. The number of amides is 4. The molecule has 5 rings (SSSR count). The summed E-state index contributed by atoms with van der Waals surface area (Å²) >= 11 is 1.60. The number of carbonyl (C=O) groups excluding carboxylic acids is 4. The Hall–Kier alpha value is -4.04.